The first-order chi connectivity index (χ1) is 21.7. The molecular weight excluding hydrogens is 612 g/mol. The summed E-state index contributed by atoms with van der Waals surface area (Å²) in [4.78, 5) is 34.1. The van der Waals surface area contributed by atoms with Crippen molar-refractivity contribution in [3.8, 4) is 22.8 Å². The fraction of sp³-hybridized carbons (Fsp3) is 0.312. The fourth-order valence-corrected chi connectivity index (χ4v) is 4.92. The number of pyridine rings is 2. The van der Waals surface area contributed by atoms with E-state index < -0.39 is 47.1 Å². The highest BCUT2D eigenvalue weighted by Gasteiger charge is 2.57. The number of halogens is 4. The van der Waals surface area contributed by atoms with E-state index in [1.54, 1.807) is 19.1 Å². The first-order valence-corrected chi connectivity index (χ1v) is 14.0. The summed E-state index contributed by atoms with van der Waals surface area (Å²) < 4.78 is 74.6. The van der Waals surface area contributed by atoms with E-state index in [2.05, 4.69) is 15.3 Å². The third-order valence-electron chi connectivity index (χ3n) is 7.94. The second-order valence-corrected chi connectivity index (χ2v) is 11.2. The quantitative estimate of drug-likeness (QED) is 0.219. The first-order valence-electron chi connectivity index (χ1n) is 14.0. The molecule has 2 aromatic heterocycles. The van der Waals surface area contributed by atoms with E-state index in [4.69, 9.17) is 19.9 Å². The molecule has 4 aromatic rings. The molecule has 1 unspecified atom stereocenters. The molecule has 0 aliphatic carbocycles. The minimum atomic E-state index is -5.37. The third-order valence-corrected chi connectivity index (χ3v) is 7.94. The molecule has 3 atom stereocenters. The highest BCUT2D eigenvalue weighted by molar-refractivity contribution is 6.00. The summed E-state index contributed by atoms with van der Waals surface area (Å²) in [6, 6.07) is 11.6. The van der Waals surface area contributed by atoms with Crippen molar-refractivity contribution < 1.29 is 46.5 Å². The molecule has 0 saturated carbocycles. The molecule has 0 radical (unpaired) electrons. The van der Waals surface area contributed by atoms with E-state index in [9.17, 15) is 32.3 Å². The Morgan fingerprint density at radius 2 is 1.89 bits per heavy atom. The minimum absolute atomic E-state index is 0.0367. The third kappa shape index (κ3) is 5.93. The van der Waals surface area contributed by atoms with E-state index in [1.807, 2.05) is 0 Å². The van der Waals surface area contributed by atoms with E-state index >= 15 is 0 Å². The molecule has 0 bridgehead atoms. The molecular formula is C32H30F4N4O6. The van der Waals surface area contributed by atoms with Crippen molar-refractivity contribution in [1.29, 1.82) is 0 Å². The number of hydrogen-bond acceptors (Lipinski definition) is 8. The zero-order valence-electron chi connectivity index (χ0n) is 24.9. The normalized spacial score (nSPS) is 17.9. The second kappa shape index (κ2) is 12.2. The summed E-state index contributed by atoms with van der Waals surface area (Å²) in [7, 11) is 1.50. The van der Waals surface area contributed by atoms with Gasteiger partial charge in [-0.25, -0.2) is 9.37 Å². The highest BCUT2D eigenvalue weighted by atomic mass is 19.4. The van der Waals surface area contributed by atoms with Gasteiger partial charge in [0.2, 0.25) is 11.5 Å². The Morgan fingerprint density at radius 1 is 1.17 bits per heavy atom. The van der Waals surface area contributed by atoms with E-state index in [0.29, 0.717) is 10.9 Å². The number of nitrogens with zero attached hydrogens (tertiary/aromatic N) is 2. The van der Waals surface area contributed by atoms with E-state index in [1.165, 1.54) is 44.5 Å². The molecule has 2 amide bonds. The standard InChI is InChI=1S/C32H30F4N4O6/c1-17(44-3)14-45-23-12-20(11-19-5-4-10-38-25(19)23)28(41)39-15-31(43,32(34,35)36)24-13-22-27(46-16-30(22,2)29(37)42)26(40-24)18-6-8-21(33)9-7-18/h4-13,17,43H,14-16H2,1-3H3,(H2,37,42)(H,39,41)/t17-,30-,31?/m0/s1. The van der Waals surface area contributed by atoms with Gasteiger partial charge in [0.05, 0.1) is 18.3 Å². The molecule has 0 saturated heterocycles. The second-order valence-electron chi connectivity index (χ2n) is 11.2. The molecule has 5 rings (SSSR count). The molecule has 0 spiro atoms. The van der Waals surface area contributed by atoms with E-state index in [-0.39, 0.29) is 53.2 Å². The maximum atomic E-state index is 14.8. The predicted molar refractivity (Wildman–Crippen MR) is 158 cm³/mol. The number of hydrogen-bond donors (Lipinski definition) is 3. The predicted octanol–water partition coefficient (Wildman–Crippen LogP) is 4.16. The Hall–Kier alpha value is -4.82. The van der Waals surface area contributed by atoms with Crippen molar-refractivity contribution in [3.63, 3.8) is 0 Å². The molecule has 2 aromatic carbocycles. The zero-order valence-corrected chi connectivity index (χ0v) is 24.9. The molecule has 10 nitrogen and oxygen atoms in total. The summed E-state index contributed by atoms with van der Waals surface area (Å²) in [5.41, 5.74) is -0.367. The number of carbonyl (C=O) groups excluding carboxylic acids is 2. The molecule has 1 aliphatic heterocycles. The van der Waals surface area contributed by atoms with Crippen molar-refractivity contribution in [2.24, 2.45) is 5.73 Å². The van der Waals surface area contributed by atoms with Crippen molar-refractivity contribution in [1.82, 2.24) is 15.3 Å². The van der Waals surface area contributed by atoms with Gasteiger partial charge in [-0.1, -0.05) is 6.07 Å². The lowest BCUT2D eigenvalue weighted by Gasteiger charge is -2.31. The minimum Gasteiger partial charge on any atom is -0.489 e. The lowest BCUT2D eigenvalue weighted by atomic mass is 9.81. The first kappa shape index (κ1) is 32.6. The number of ether oxygens (including phenoxy) is 3. The lowest BCUT2D eigenvalue weighted by molar-refractivity contribution is -0.265. The summed E-state index contributed by atoms with van der Waals surface area (Å²) in [6.07, 6.45) is -4.16. The van der Waals surface area contributed by atoms with Crippen LogP contribution in [0.1, 0.15) is 35.5 Å². The van der Waals surface area contributed by atoms with Crippen LogP contribution >= 0.6 is 0 Å². The van der Waals surface area contributed by atoms with Gasteiger partial charge < -0.3 is 30.4 Å². The maximum absolute atomic E-state index is 14.8. The summed E-state index contributed by atoms with van der Waals surface area (Å²) in [5, 5.41) is 14.0. The number of carbonyl (C=O) groups is 2. The van der Waals surface area contributed by atoms with Crippen molar-refractivity contribution in [3.05, 3.63) is 83.4 Å². The lowest BCUT2D eigenvalue weighted by Crippen LogP contribution is -2.51. The molecule has 0 fully saturated rings. The average Bonchev–Trinajstić information content (AvgIpc) is 3.39. The SMILES string of the molecule is CO[C@@H](C)COc1cc(C(=O)NCC(O)(c2cc3c(c(-c4ccc(F)cc4)n2)OC[C@]3(C)C(N)=O)C(F)(F)F)cc2cccnc12. The van der Waals surface area contributed by atoms with Gasteiger partial charge in [-0.15, -0.1) is 0 Å². The van der Waals surface area contributed by atoms with Gasteiger partial charge in [0.25, 0.3) is 5.91 Å². The van der Waals surface area contributed by atoms with Gasteiger partial charge in [0.1, 0.15) is 47.2 Å². The number of aliphatic hydroxyl groups is 1. The number of alkyl halides is 3. The number of nitrogens with one attached hydrogen (secondary N) is 1. The van der Waals surface area contributed by atoms with Crippen LogP contribution in [0, 0.1) is 5.82 Å². The van der Waals surface area contributed by atoms with Crippen LogP contribution in [0.15, 0.2) is 60.8 Å². The van der Waals surface area contributed by atoms with Crippen LogP contribution in [0.5, 0.6) is 11.5 Å². The number of nitrogens with two attached hydrogens (primary N) is 1. The topological polar surface area (TPSA) is 146 Å². The van der Waals surface area contributed by atoms with Crippen LogP contribution in [-0.2, 0) is 20.5 Å². The van der Waals surface area contributed by atoms with Gasteiger partial charge in [-0.05, 0) is 62.4 Å². The number of methoxy groups -OCH3 is 1. The summed E-state index contributed by atoms with van der Waals surface area (Å²) >= 11 is 0. The van der Waals surface area contributed by atoms with Crippen LogP contribution in [-0.4, -0.2) is 66.0 Å². The van der Waals surface area contributed by atoms with Gasteiger partial charge >= 0.3 is 6.18 Å². The Kier molecular flexibility index (Phi) is 8.62. The van der Waals surface area contributed by atoms with Crippen molar-refractivity contribution >= 4 is 22.7 Å². The van der Waals surface area contributed by atoms with Crippen molar-refractivity contribution in [2.45, 2.75) is 37.1 Å². The number of fused-ring (bicyclic) bond motifs is 2. The summed E-state index contributed by atoms with van der Waals surface area (Å²) in [6.45, 7) is 1.59. The van der Waals surface area contributed by atoms with E-state index in [0.717, 1.165) is 18.2 Å². The monoisotopic (exact) mass is 642 g/mol. The average molecular weight is 643 g/mol. The zero-order chi connectivity index (χ0) is 33.4. The van der Waals surface area contributed by atoms with Crippen LogP contribution in [0.3, 0.4) is 0 Å². The van der Waals surface area contributed by atoms with Gasteiger partial charge in [0, 0.05) is 35.4 Å². The molecule has 1 aliphatic rings. The van der Waals surface area contributed by atoms with Gasteiger partial charge in [-0.3, -0.25) is 14.6 Å². The smallest absolute Gasteiger partial charge is 0.424 e. The summed E-state index contributed by atoms with van der Waals surface area (Å²) in [5.74, 6) is -2.29. The van der Waals surface area contributed by atoms with Gasteiger partial charge in [-0.2, -0.15) is 13.2 Å². The fourth-order valence-electron chi connectivity index (χ4n) is 4.92. The number of aromatic nitrogens is 2. The number of rotatable bonds is 10. The molecule has 46 heavy (non-hydrogen) atoms. The van der Waals surface area contributed by atoms with Gasteiger partial charge in [0.15, 0.2) is 0 Å². The molecule has 242 valence electrons. The molecule has 3 heterocycles. The largest absolute Gasteiger partial charge is 0.489 e. The maximum Gasteiger partial charge on any atom is 0.424 e. The Balaban J connectivity index is 1.55. The number of amides is 2. The number of primary amides is 1. The van der Waals surface area contributed by atoms with Crippen LogP contribution in [0.25, 0.3) is 22.2 Å². The Bertz CT molecular complexity index is 1800. The Labute approximate surface area is 260 Å². The van der Waals surface area contributed by atoms with Crippen LogP contribution < -0.4 is 20.5 Å². The number of benzene rings is 2. The Morgan fingerprint density at radius 3 is 2.54 bits per heavy atom. The molecule has 14 heteroatoms. The highest BCUT2D eigenvalue weighted by Crippen LogP contribution is 2.47. The van der Waals surface area contributed by atoms with Crippen LogP contribution in [0.4, 0.5) is 17.6 Å². The molecule has 4 N–H and O–H groups in total. The van der Waals surface area contributed by atoms with Crippen molar-refractivity contribution in [2.75, 3.05) is 26.9 Å². The van der Waals surface area contributed by atoms with Crippen LogP contribution in [0.2, 0.25) is 0 Å².